The van der Waals surface area contributed by atoms with Gasteiger partial charge in [-0.05, 0) is 42.0 Å². The monoisotopic (exact) mass is 574 g/mol. The maximum Gasteiger partial charge on any atom is 0.189 e. The lowest BCUT2D eigenvalue weighted by Crippen LogP contribution is -2.01. The summed E-state index contributed by atoms with van der Waals surface area (Å²) in [6.07, 6.45) is 3.11. The zero-order valence-electron chi connectivity index (χ0n) is 18.8. The fraction of sp³-hybridized carbons (Fsp3) is 0.160. The zero-order valence-corrected chi connectivity index (χ0v) is 22.5. The molecule has 5 nitrogen and oxygen atoms in total. The Morgan fingerprint density at radius 3 is 1.97 bits per heavy atom. The van der Waals surface area contributed by atoms with Crippen molar-refractivity contribution in [1.29, 1.82) is 0 Å². The molecule has 0 atom stereocenters. The van der Waals surface area contributed by atoms with Crippen LogP contribution in [0.4, 0.5) is 0 Å². The van der Waals surface area contributed by atoms with Gasteiger partial charge in [-0.2, -0.15) is 0 Å². The molecule has 3 rings (SSSR count). The Hall–Kier alpha value is -2.28. The van der Waals surface area contributed by atoms with Crippen LogP contribution in [0.1, 0.15) is 21.5 Å². The van der Waals surface area contributed by atoms with E-state index in [2.05, 4.69) is 0 Å². The van der Waals surface area contributed by atoms with E-state index in [4.69, 9.17) is 77.0 Å². The van der Waals surface area contributed by atoms with Gasteiger partial charge in [0.05, 0.1) is 42.0 Å². The molecule has 0 amide bonds. The molecule has 0 unspecified atom stereocenters. The lowest BCUT2D eigenvalue weighted by molar-refractivity contribution is 0.104. The molecule has 0 saturated carbocycles. The molecule has 10 heteroatoms. The topological polar surface area (TPSA) is 54.0 Å². The molecule has 3 aromatic carbocycles. The fourth-order valence-corrected chi connectivity index (χ4v) is 4.37. The van der Waals surface area contributed by atoms with Gasteiger partial charge in [0.2, 0.25) is 0 Å². The summed E-state index contributed by atoms with van der Waals surface area (Å²) in [5.41, 5.74) is 1.76. The third-order valence-electron chi connectivity index (χ3n) is 4.95. The van der Waals surface area contributed by atoms with E-state index < -0.39 is 0 Å². The van der Waals surface area contributed by atoms with Crippen molar-refractivity contribution in [1.82, 2.24) is 0 Å². The van der Waals surface area contributed by atoms with E-state index >= 15 is 0 Å². The number of halogens is 5. The van der Waals surface area contributed by atoms with Gasteiger partial charge in [-0.3, -0.25) is 4.79 Å². The van der Waals surface area contributed by atoms with E-state index in [9.17, 15) is 4.79 Å². The summed E-state index contributed by atoms with van der Waals surface area (Å²) in [6, 6.07) is 10.4. The lowest BCUT2D eigenvalue weighted by atomic mass is 10.1. The number of rotatable bonds is 9. The molecule has 3 aromatic rings. The molecule has 0 fully saturated rings. The molecule has 35 heavy (non-hydrogen) atoms. The van der Waals surface area contributed by atoms with E-state index in [-0.39, 0.29) is 43.3 Å². The molecule has 0 aliphatic rings. The second-order valence-electron chi connectivity index (χ2n) is 7.02. The number of hydrogen-bond donors (Lipinski definition) is 0. The zero-order chi connectivity index (χ0) is 25.7. The SMILES string of the molecule is COc1ccc(OC)c(C(=O)/C=C/c2ccc(OC)c(COc3c(Cl)c(Cl)c(Cl)c(Cl)c3Cl)c2)c1. The summed E-state index contributed by atoms with van der Waals surface area (Å²) in [4.78, 5) is 12.8. The van der Waals surface area contributed by atoms with Crippen molar-refractivity contribution in [3.8, 4) is 23.0 Å². The second kappa shape index (κ2) is 12.1. The van der Waals surface area contributed by atoms with Crippen molar-refractivity contribution < 1.29 is 23.7 Å². The maximum atomic E-state index is 12.8. The molecule has 0 heterocycles. The van der Waals surface area contributed by atoms with Gasteiger partial charge in [-0.1, -0.05) is 70.1 Å². The average molecular weight is 577 g/mol. The Morgan fingerprint density at radius 1 is 0.771 bits per heavy atom. The van der Waals surface area contributed by atoms with E-state index in [0.717, 1.165) is 5.56 Å². The van der Waals surface area contributed by atoms with Gasteiger partial charge in [0.25, 0.3) is 0 Å². The number of ether oxygens (including phenoxy) is 4. The van der Waals surface area contributed by atoms with Gasteiger partial charge in [-0.15, -0.1) is 0 Å². The standard InChI is InChI=1S/C25H19Cl5O5/c1-32-15-6-9-19(34-3)16(11-15)17(31)7-4-13-5-8-18(33-2)14(10-13)12-35-25-23(29)21(27)20(26)22(28)24(25)30/h4-11H,12H2,1-3H3/b7-4+. The number of ketones is 1. The number of benzene rings is 3. The highest BCUT2D eigenvalue weighted by atomic mass is 35.5. The Labute approximate surface area is 228 Å². The predicted molar refractivity (Wildman–Crippen MR) is 142 cm³/mol. The first-order valence-corrected chi connectivity index (χ1v) is 11.9. The maximum absolute atomic E-state index is 12.8. The smallest absolute Gasteiger partial charge is 0.189 e. The van der Waals surface area contributed by atoms with Crippen molar-refractivity contribution in [2.75, 3.05) is 21.3 Å². The molecule has 0 saturated heterocycles. The number of allylic oxidation sites excluding steroid dienone is 1. The number of carbonyl (C=O) groups is 1. The third kappa shape index (κ3) is 6.11. The van der Waals surface area contributed by atoms with Gasteiger partial charge in [0, 0.05) is 5.56 Å². The first-order valence-electron chi connectivity index (χ1n) is 9.97. The van der Waals surface area contributed by atoms with Gasteiger partial charge in [0.1, 0.15) is 33.9 Å². The summed E-state index contributed by atoms with van der Waals surface area (Å²) >= 11 is 30.8. The number of carbonyl (C=O) groups excluding carboxylic acids is 1. The average Bonchev–Trinajstić information content (AvgIpc) is 2.88. The molecule has 0 N–H and O–H groups in total. The Kier molecular flexibility index (Phi) is 9.45. The summed E-state index contributed by atoms with van der Waals surface area (Å²) < 4.78 is 21.8. The van der Waals surface area contributed by atoms with Crippen LogP contribution in [0.5, 0.6) is 23.0 Å². The minimum absolute atomic E-state index is 0.0240. The van der Waals surface area contributed by atoms with E-state index in [1.807, 2.05) is 0 Å². The molecular weight excluding hydrogens is 558 g/mol. The molecule has 0 radical (unpaired) electrons. The van der Waals surface area contributed by atoms with Gasteiger partial charge >= 0.3 is 0 Å². The predicted octanol–water partition coefficient (Wildman–Crippen LogP) is 8.45. The third-order valence-corrected chi connectivity index (χ3v) is 7.19. The highest BCUT2D eigenvalue weighted by Gasteiger charge is 2.21. The van der Waals surface area contributed by atoms with E-state index in [1.165, 1.54) is 27.4 Å². The highest BCUT2D eigenvalue weighted by Crippen LogP contribution is 2.48. The normalized spacial score (nSPS) is 11.0. The number of methoxy groups -OCH3 is 3. The van der Waals surface area contributed by atoms with Crippen LogP contribution in [0.2, 0.25) is 25.1 Å². The molecule has 0 spiro atoms. The minimum atomic E-state index is -0.252. The van der Waals surface area contributed by atoms with Crippen LogP contribution in [-0.2, 0) is 6.61 Å². The summed E-state index contributed by atoms with van der Waals surface area (Å²) in [5, 5.41) is 0.191. The van der Waals surface area contributed by atoms with E-state index in [1.54, 1.807) is 42.5 Å². The van der Waals surface area contributed by atoms with Crippen molar-refractivity contribution in [3.63, 3.8) is 0 Å². The second-order valence-corrected chi connectivity index (χ2v) is 8.91. The van der Waals surface area contributed by atoms with Crippen LogP contribution in [0.15, 0.2) is 42.5 Å². The van der Waals surface area contributed by atoms with Crippen LogP contribution in [0.3, 0.4) is 0 Å². The fourth-order valence-electron chi connectivity index (χ4n) is 3.14. The lowest BCUT2D eigenvalue weighted by Gasteiger charge is -2.15. The minimum Gasteiger partial charge on any atom is -0.497 e. The van der Waals surface area contributed by atoms with Gasteiger partial charge in [0.15, 0.2) is 11.5 Å². The molecule has 0 aromatic heterocycles. The van der Waals surface area contributed by atoms with Crippen molar-refractivity contribution in [2.45, 2.75) is 6.61 Å². The molecule has 0 bridgehead atoms. The van der Waals surface area contributed by atoms with Gasteiger partial charge in [-0.25, -0.2) is 0 Å². The largest absolute Gasteiger partial charge is 0.497 e. The van der Waals surface area contributed by atoms with Gasteiger partial charge < -0.3 is 18.9 Å². The van der Waals surface area contributed by atoms with Crippen LogP contribution in [0.25, 0.3) is 6.08 Å². The van der Waals surface area contributed by atoms with Crippen LogP contribution < -0.4 is 18.9 Å². The highest BCUT2D eigenvalue weighted by molar-refractivity contribution is 6.55. The van der Waals surface area contributed by atoms with Crippen LogP contribution in [0, 0.1) is 0 Å². The summed E-state index contributed by atoms with van der Waals surface area (Å²) in [7, 11) is 4.56. The Morgan fingerprint density at radius 2 is 1.37 bits per heavy atom. The quantitative estimate of drug-likeness (QED) is 0.111. The molecular formula is C25H19Cl5O5. The number of hydrogen-bond acceptors (Lipinski definition) is 5. The first-order chi connectivity index (χ1) is 16.7. The van der Waals surface area contributed by atoms with Crippen LogP contribution >= 0.6 is 58.0 Å². The molecule has 0 aliphatic carbocycles. The summed E-state index contributed by atoms with van der Waals surface area (Å²) in [6.45, 7) is 0.0240. The van der Waals surface area contributed by atoms with E-state index in [0.29, 0.717) is 28.4 Å². The van der Waals surface area contributed by atoms with Crippen molar-refractivity contribution in [2.24, 2.45) is 0 Å². The van der Waals surface area contributed by atoms with Crippen LogP contribution in [-0.4, -0.2) is 27.1 Å². The Bertz CT molecular complexity index is 1260. The van der Waals surface area contributed by atoms with Crippen molar-refractivity contribution >= 4 is 69.9 Å². The molecule has 0 aliphatic heterocycles. The molecule has 184 valence electrons. The summed E-state index contributed by atoms with van der Waals surface area (Å²) in [5.74, 6) is 1.39. The Balaban J connectivity index is 1.86. The van der Waals surface area contributed by atoms with Crippen molar-refractivity contribution in [3.05, 3.63) is 84.3 Å². The first kappa shape index (κ1) is 27.3.